The number of hydrogen-bond acceptors (Lipinski definition) is 6. The molecule has 1 aromatic rings. The van der Waals surface area contributed by atoms with Crippen LogP contribution in [-0.4, -0.2) is 47.6 Å². The summed E-state index contributed by atoms with van der Waals surface area (Å²) < 4.78 is 0. The zero-order valence-corrected chi connectivity index (χ0v) is 11.4. The first-order chi connectivity index (χ1) is 9.29. The average Bonchev–Trinajstić information content (AvgIpc) is 2.43. The lowest BCUT2D eigenvalue weighted by atomic mass is 10.1. The Morgan fingerprint density at radius 3 is 2.79 bits per heavy atom. The molecule has 2 rings (SSSR count). The maximum atomic E-state index is 5.63. The lowest BCUT2D eigenvalue weighted by Gasteiger charge is -2.26. The number of likely N-dealkylation sites (tertiary alicyclic amines) is 1. The second kappa shape index (κ2) is 7.25. The van der Waals surface area contributed by atoms with Gasteiger partial charge < -0.3 is 21.7 Å². The topological polar surface area (TPSA) is 93.1 Å². The average molecular weight is 264 g/mol. The zero-order valence-electron chi connectivity index (χ0n) is 11.4. The van der Waals surface area contributed by atoms with Gasteiger partial charge >= 0.3 is 0 Å². The summed E-state index contributed by atoms with van der Waals surface area (Å²) in [7, 11) is 0. The Bertz CT molecular complexity index is 389. The molecule has 0 saturated carbocycles. The fourth-order valence-corrected chi connectivity index (χ4v) is 2.43. The van der Waals surface area contributed by atoms with Crippen LogP contribution in [0, 0.1) is 0 Å². The molecule has 5 N–H and O–H groups in total. The Hall–Kier alpha value is -1.40. The van der Waals surface area contributed by atoms with Gasteiger partial charge in [0, 0.05) is 24.8 Å². The Labute approximate surface area is 114 Å². The van der Waals surface area contributed by atoms with E-state index in [4.69, 9.17) is 11.5 Å². The molecule has 0 bridgehead atoms. The van der Waals surface area contributed by atoms with E-state index in [-0.39, 0.29) is 0 Å². The van der Waals surface area contributed by atoms with Crippen molar-refractivity contribution in [2.75, 3.05) is 43.8 Å². The van der Waals surface area contributed by atoms with Gasteiger partial charge in [-0.15, -0.1) is 0 Å². The first kappa shape index (κ1) is 14.0. The number of hydrogen-bond donors (Lipinski definition) is 3. The van der Waals surface area contributed by atoms with Crippen molar-refractivity contribution >= 4 is 11.8 Å². The van der Waals surface area contributed by atoms with Crippen molar-refractivity contribution in [3.63, 3.8) is 0 Å². The minimum absolute atomic E-state index is 0.307. The molecule has 6 nitrogen and oxygen atoms in total. The fourth-order valence-electron chi connectivity index (χ4n) is 2.43. The van der Waals surface area contributed by atoms with Crippen LogP contribution in [0.3, 0.4) is 0 Å². The molecule has 1 saturated heterocycles. The van der Waals surface area contributed by atoms with Gasteiger partial charge in [0.05, 0.1) is 0 Å². The van der Waals surface area contributed by atoms with Crippen LogP contribution in [-0.2, 0) is 6.42 Å². The molecule has 0 unspecified atom stereocenters. The summed E-state index contributed by atoms with van der Waals surface area (Å²) in [5, 5.41) is 3.36. The van der Waals surface area contributed by atoms with E-state index in [1.165, 1.54) is 32.4 Å². The molecule has 0 aromatic carbocycles. The van der Waals surface area contributed by atoms with Crippen LogP contribution >= 0.6 is 0 Å². The highest BCUT2D eigenvalue weighted by Gasteiger charge is 2.10. The molecule has 2 heterocycles. The van der Waals surface area contributed by atoms with Gasteiger partial charge in [-0.1, -0.05) is 6.42 Å². The maximum absolute atomic E-state index is 5.63. The van der Waals surface area contributed by atoms with Gasteiger partial charge in [-0.2, -0.15) is 4.98 Å². The molecule has 0 atom stereocenters. The summed E-state index contributed by atoms with van der Waals surface area (Å²) in [6.45, 7) is 4.95. The van der Waals surface area contributed by atoms with Crippen LogP contribution in [0.5, 0.6) is 0 Å². The molecule has 0 spiro atoms. The maximum Gasteiger partial charge on any atom is 0.221 e. The standard InChI is InChI=1S/C13H24N6/c14-5-4-11-10-17-13(15)18-12(11)16-6-9-19-7-2-1-3-8-19/h10H,1-9,14H2,(H3,15,16,17,18). The quantitative estimate of drug-likeness (QED) is 0.691. The molecule has 0 radical (unpaired) electrons. The van der Waals surface area contributed by atoms with Crippen LogP contribution in [0.1, 0.15) is 24.8 Å². The summed E-state index contributed by atoms with van der Waals surface area (Å²) in [5.41, 5.74) is 12.3. The Balaban J connectivity index is 1.85. The third-order valence-electron chi connectivity index (χ3n) is 3.47. The Morgan fingerprint density at radius 2 is 2.05 bits per heavy atom. The van der Waals surface area contributed by atoms with Gasteiger partial charge in [-0.3, -0.25) is 0 Å². The summed E-state index contributed by atoms with van der Waals surface area (Å²) >= 11 is 0. The summed E-state index contributed by atoms with van der Waals surface area (Å²) in [4.78, 5) is 10.8. The predicted octanol–water partition coefficient (Wildman–Crippen LogP) is 0.458. The fraction of sp³-hybridized carbons (Fsp3) is 0.692. The van der Waals surface area contributed by atoms with Crippen molar-refractivity contribution < 1.29 is 0 Å². The molecular weight excluding hydrogens is 240 g/mol. The van der Waals surface area contributed by atoms with Crippen molar-refractivity contribution in [2.24, 2.45) is 5.73 Å². The predicted molar refractivity (Wildman–Crippen MR) is 78.0 cm³/mol. The molecule has 19 heavy (non-hydrogen) atoms. The molecular formula is C13H24N6. The highest BCUT2D eigenvalue weighted by molar-refractivity contribution is 5.46. The minimum atomic E-state index is 0.307. The molecule has 1 aromatic heterocycles. The van der Waals surface area contributed by atoms with E-state index < -0.39 is 0 Å². The van der Waals surface area contributed by atoms with Crippen molar-refractivity contribution in [2.45, 2.75) is 25.7 Å². The molecule has 1 aliphatic rings. The Kier molecular flexibility index (Phi) is 5.35. The number of nitrogen functional groups attached to an aromatic ring is 1. The lowest BCUT2D eigenvalue weighted by molar-refractivity contribution is 0.237. The van der Waals surface area contributed by atoms with Gasteiger partial charge in [0.2, 0.25) is 5.95 Å². The van der Waals surface area contributed by atoms with Crippen molar-refractivity contribution in [3.8, 4) is 0 Å². The molecule has 0 amide bonds. The zero-order chi connectivity index (χ0) is 13.5. The van der Waals surface area contributed by atoms with Crippen LogP contribution in [0.25, 0.3) is 0 Å². The number of rotatable bonds is 6. The van der Waals surface area contributed by atoms with Gasteiger partial charge in [0.25, 0.3) is 0 Å². The first-order valence-electron chi connectivity index (χ1n) is 7.07. The van der Waals surface area contributed by atoms with Crippen LogP contribution in [0.2, 0.25) is 0 Å². The molecule has 106 valence electrons. The highest BCUT2D eigenvalue weighted by atomic mass is 15.2. The number of aromatic nitrogens is 2. The normalized spacial score (nSPS) is 16.5. The van der Waals surface area contributed by atoms with E-state index in [1.807, 2.05) is 0 Å². The molecule has 6 heteroatoms. The second-order valence-corrected chi connectivity index (χ2v) is 4.97. The van der Waals surface area contributed by atoms with E-state index in [2.05, 4.69) is 20.2 Å². The smallest absolute Gasteiger partial charge is 0.221 e. The number of anilines is 2. The number of nitrogens with one attached hydrogen (secondary N) is 1. The number of nitrogens with zero attached hydrogens (tertiary/aromatic N) is 3. The van der Waals surface area contributed by atoms with Crippen LogP contribution in [0.4, 0.5) is 11.8 Å². The van der Waals surface area contributed by atoms with Crippen molar-refractivity contribution in [1.82, 2.24) is 14.9 Å². The monoisotopic (exact) mass is 264 g/mol. The molecule has 0 aliphatic carbocycles. The largest absolute Gasteiger partial charge is 0.368 e. The van der Waals surface area contributed by atoms with Crippen LogP contribution < -0.4 is 16.8 Å². The van der Waals surface area contributed by atoms with Crippen molar-refractivity contribution in [3.05, 3.63) is 11.8 Å². The van der Waals surface area contributed by atoms with Crippen molar-refractivity contribution in [1.29, 1.82) is 0 Å². The number of piperidine rings is 1. The number of nitrogens with two attached hydrogens (primary N) is 2. The van der Waals surface area contributed by atoms with Gasteiger partial charge in [0.1, 0.15) is 5.82 Å². The third kappa shape index (κ3) is 4.33. The molecule has 1 aliphatic heterocycles. The SMILES string of the molecule is NCCc1cnc(N)nc1NCCN1CCCCC1. The van der Waals surface area contributed by atoms with E-state index in [0.29, 0.717) is 12.5 Å². The van der Waals surface area contributed by atoms with Crippen LogP contribution in [0.15, 0.2) is 6.20 Å². The van der Waals surface area contributed by atoms with E-state index in [9.17, 15) is 0 Å². The van der Waals surface area contributed by atoms with Gasteiger partial charge in [-0.25, -0.2) is 4.98 Å². The lowest BCUT2D eigenvalue weighted by Crippen LogP contribution is -2.34. The molecule has 1 fully saturated rings. The Morgan fingerprint density at radius 1 is 1.26 bits per heavy atom. The minimum Gasteiger partial charge on any atom is -0.368 e. The van der Waals surface area contributed by atoms with Gasteiger partial charge in [-0.05, 0) is 38.9 Å². The van der Waals surface area contributed by atoms with E-state index in [1.54, 1.807) is 6.20 Å². The van der Waals surface area contributed by atoms with E-state index >= 15 is 0 Å². The second-order valence-electron chi connectivity index (χ2n) is 4.97. The summed E-state index contributed by atoms with van der Waals surface area (Å²) in [6.07, 6.45) is 6.54. The first-order valence-corrected chi connectivity index (χ1v) is 7.07. The highest BCUT2D eigenvalue weighted by Crippen LogP contribution is 2.13. The van der Waals surface area contributed by atoms with E-state index in [0.717, 1.165) is 30.9 Å². The van der Waals surface area contributed by atoms with Gasteiger partial charge in [0.15, 0.2) is 0 Å². The summed E-state index contributed by atoms with van der Waals surface area (Å²) in [5.74, 6) is 1.14. The third-order valence-corrected chi connectivity index (χ3v) is 3.47. The summed E-state index contributed by atoms with van der Waals surface area (Å²) in [6, 6.07) is 0.